The molecule has 1 heterocycles. The Balaban J connectivity index is 1.08. The Morgan fingerprint density at radius 2 is 0.754 bits per heavy atom. The number of benzene rings is 10. The van der Waals surface area contributed by atoms with Gasteiger partial charge in [-0.05, 0) is 113 Å². The zero-order valence-electron chi connectivity index (χ0n) is 36.3. The number of aromatic nitrogens is 2. The van der Waals surface area contributed by atoms with Crippen LogP contribution in [0, 0.1) is 0 Å². The van der Waals surface area contributed by atoms with Gasteiger partial charge in [0, 0.05) is 22.1 Å². The summed E-state index contributed by atoms with van der Waals surface area (Å²) in [6.45, 7) is 4.76. The van der Waals surface area contributed by atoms with Crippen molar-refractivity contribution in [3.8, 4) is 89.5 Å². The molecular formula is C63H44N2. The van der Waals surface area contributed by atoms with Crippen molar-refractivity contribution in [2.45, 2.75) is 19.3 Å². The van der Waals surface area contributed by atoms with Gasteiger partial charge < -0.3 is 0 Å². The molecular weight excluding hydrogens is 785 g/mol. The van der Waals surface area contributed by atoms with Crippen LogP contribution in [0.4, 0.5) is 0 Å². The van der Waals surface area contributed by atoms with Crippen LogP contribution in [0.25, 0.3) is 111 Å². The lowest BCUT2D eigenvalue weighted by Crippen LogP contribution is -2.16. The number of fused-ring (bicyclic) bond motifs is 5. The third-order valence-electron chi connectivity index (χ3n) is 13.5. The lowest BCUT2D eigenvalue weighted by Gasteiger charge is -2.25. The zero-order chi connectivity index (χ0) is 43.5. The molecule has 0 atom stereocenters. The molecule has 306 valence electrons. The molecule has 0 aliphatic heterocycles. The molecule has 10 aromatic carbocycles. The van der Waals surface area contributed by atoms with Gasteiger partial charge in [-0.2, -0.15) is 0 Å². The maximum absolute atomic E-state index is 5.34. The minimum absolute atomic E-state index is 0.164. The van der Waals surface area contributed by atoms with Crippen LogP contribution < -0.4 is 0 Å². The van der Waals surface area contributed by atoms with Gasteiger partial charge in [-0.1, -0.05) is 220 Å². The van der Waals surface area contributed by atoms with Gasteiger partial charge >= 0.3 is 0 Å². The highest BCUT2D eigenvalue weighted by Crippen LogP contribution is 2.53. The van der Waals surface area contributed by atoms with Crippen molar-refractivity contribution in [3.05, 3.63) is 242 Å². The van der Waals surface area contributed by atoms with E-state index >= 15 is 0 Å². The molecule has 1 aromatic heterocycles. The number of nitrogens with zero attached hydrogens (tertiary/aromatic N) is 2. The average molecular weight is 829 g/mol. The van der Waals surface area contributed by atoms with Gasteiger partial charge in [-0.25, -0.2) is 9.97 Å². The molecule has 0 unspecified atom stereocenters. The molecule has 0 fully saturated rings. The Bertz CT molecular complexity index is 3620. The predicted octanol–water partition coefficient (Wildman–Crippen LogP) is 16.8. The van der Waals surface area contributed by atoms with Crippen molar-refractivity contribution in [2.75, 3.05) is 0 Å². The number of rotatable bonds is 7. The van der Waals surface area contributed by atoms with Gasteiger partial charge in [0.2, 0.25) is 0 Å². The molecule has 0 N–H and O–H groups in total. The smallest absolute Gasteiger partial charge is 0.160 e. The van der Waals surface area contributed by atoms with Crippen LogP contribution in [0.1, 0.15) is 25.0 Å². The maximum atomic E-state index is 5.34. The van der Waals surface area contributed by atoms with Crippen LogP contribution in [0.3, 0.4) is 0 Å². The van der Waals surface area contributed by atoms with E-state index in [0.29, 0.717) is 5.82 Å². The summed E-state index contributed by atoms with van der Waals surface area (Å²) in [6.07, 6.45) is 0. The maximum Gasteiger partial charge on any atom is 0.160 e. The minimum atomic E-state index is -0.164. The van der Waals surface area contributed by atoms with Crippen molar-refractivity contribution in [2.24, 2.45) is 0 Å². The fourth-order valence-electron chi connectivity index (χ4n) is 10.4. The standard InChI is InChI=1S/C63H44N2/c1-63(2)58-34-16-15-29-54(58)57-33-18-32-51(61(57)63)46-38-44(49-31-17-24-42-21-9-10-25-47(42)49)37-45(39-46)50-35-36-56(53-28-13-12-27-52(50)53)60-40-59(64-62(65-60)43-22-7-4-8-23-43)55-30-14-11-26-48(55)41-19-5-3-6-20-41/h3-40H,1-2H3. The molecule has 0 saturated heterocycles. The molecule has 0 bridgehead atoms. The largest absolute Gasteiger partial charge is 0.228 e. The second-order valence-corrected chi connectivity index (χ2v) is 17.7. The highest BCUT2D eigenvalue weighted by atomic mass is 14.9. The molecule has 0 saturated carbocycles. The van der Waals surface area contributed by atoms with Crippen LogP contribution in [0.5, 0.6) is 0 Å². The Morgan fingerprint density at radius 1 is 0.292 bits per heavy atom. The average Bonchev–Trinajstić information content (AvgIpc) is 3.61. The summed E-state index contributed by atoms with van der Waals surface area (Å²) < 4.78 is 0. The summed E-state index contributed by atoms with van der Waals surface area (Å²) in [5.41, 5.74) is 19.6. The van der Waals surface area contributed by atoms with Crippen LogP contribution in [-0.2, 0) is 5.41 Å². The van der Waals surface area contributed by atoms with E-state index in [1.165, 1.54) is 71.8 Å². The molecule has 0 amide bonds. The van der Waals surface area contributed by atoms with E-state index in [1.807, 2.05) is 6.07 Å². The minimum Gasteiger partial charge on any atom is -0.228 e. The summed E-state index contributed by atoms with van der Waals surface area (Å²) in [5, 5.41) is 4.78. The van der Waals surface area contributed by atoms with Crippen molar-refractivity contribution in [1.82, 2.24) is 9.97 Å². The Kier molecular flexibility index (Phi) is 9.21. The van der Waals surface area contributed by atoms with Crippen molar-refractivity contribution in [1.29, 1.82) is 0 Å². The summed E-state index contributed by atoms with van der Waals surface area (Å²) in [7, 11) is 0. The third-order valence-corrected chi connectivity index (χ3v) is 13.5. The zero-order valence-corrected chi connectivity index (χ0v) is 36.3. The SMILES string of the molecule is CC1(C)c2ccccc2-c2cccc(-c3cc(-c4cccc5ccccc45)cc(-c4ccc(-c5cc(-c6ccccc6-c6ccccc6)nc(-c6ccccc6)n5)c5ccccc45)c3)c21. The number of hydrogen-bond donors (Lipinski definition) is 0. The van der Waals surface area contributed by atoms with Crippen molar-refractivity contribution >= 4 is 21.5 Å². The highest BCUT2D eigenvalue weighted by molar-refractivity contribution is 6.07. The first-order valence-corrected chi connectivity index (χ1v) is 22.5. The summed E-state index contributed by atoms with van der Waals surface area (Å²) in [6, 6.07) is 83.4. The number of hydrogen-bond acceptors (Lipinski definition) is 2. The third kappa shape index (κ3) is 6.57. The quantitative estimate of drug-likeness (QED) is 0.160. The second kappa shape index (κ2) is 15.6. The van der Waals surface area contributed by atoms with Gasteiger partial charge in [0.05, 0.1) is 11.4 Å². The Hall–Kier alpha value is -8.20. The second-order valence-electron chi connectivity index (χ2n) is 17.7. The van der Waals surface area contributed by atoms with E-state index in [-0.39, 0.29) is 5.41 Å². The molecule has 12 rings (SSSR count). The van der Waals surface area contributed by atoms with E-state index in [0.717, 1.165) is 44.6 Å². The lowest BCUT2D eigenvalue weighted by molar-refractivity contribution is 0.662. The summed E-state index contributed by atoms with van der Waals surface area (Å²) in [5.74, 6) is 0.696. The Morgan fingerprint density at radius 3 is 1.49 bits per heavy atom. The summed E-state index contributed by atoms with van der Waals surface area (Å²) >= 11 is 0. The summed E-state index contributed by atoms with van der Waals surface area (Å²) in [4.78, 5) is 10.6. The predicted molar refractivity (Wildman–Crippen MR) is 273 cm³/mol. The topological polar surface area (TPSA) is 25.8 Å². The van der Waals surface area contributed by atoms with E-state index in [4.69, 9.17) is 9.97 Å². The van der Waals surface area contributed by atoms with Crippen LogP contribution in [0.2, 0.25) is 0 Å². The molecule has 1 aliphatic carbocycles. The fourth-order valence-corrected chi connectivity index (χ4v) is 10.4. The van der Waals surface area contributed by atoms with Crippen molar-refractivity contribution in [3.63, 3.8) is 0 Å². The van der Waals surface area contributed by atoms with E-state index in [2.05, 4.69) is 238 Å². The monoisotopic (exact) mass is 828 g/mol. The van der Waals surface area contributed by atoms with Gasteiger partial charge in [-0.3, -0.25) is 0 Å². The van der Waals surface area contributed by atoms with E-state index < -0.39 is 0 Å². The first-order valence-electron chi connectivity index (χ1n) is 22.5. The van der Waals surface area contributed by atoms with Crippen molar-refractivity contribution < 1.29 is 0 Å². The molecule has 2 nitrogen and oxygen atoms in total. The molecule has 0 spiro atoms. The molecule has 1 aliphatic rings. The molecule has 0 radical (unpaired) electrons. The first kappa shape index (κ1) is 38.5. The molecule has 2 heteroatoms. The highest BCUT2D eigenvalue weighted by Gasteiger charge is 2.37. The first-order chi connectivity index (χ1) is 32.0. The van der Waals surface area contributed by atoms with E-state index in [9.17, 15) is 0 Å². The molecule has 11 aromatic rings. The van der Waals surface area contributed by atoms with E-state index in [1.54, 1.807) is 0 Å². The van der Waals surface area contributed by atoms with Gasteiger partial charge in [-0.15, -0.1) is 0 Å². The van der Waals surface area contributed by atoms with Crippen LogP contribution >= 0.6 is 0 Å². The normalized spacial score (nSPS) is 12.6. The van der Waals surface area contributed by atoms with Gasteiger partial charge in [0.25, 0.3) is 0 Å². The van der Waals surface area contributed by atoms with Crippen LogP contribution in [0.15, 0.2) is 231 Å². The lowest BCUT2D eigenvalue weighted by atomic mass is 9.78. The fraction of sp³-hybridized carbons (Fsp3) is 0.0476. The molecule has 65 heavy (non-hydrogen) atoms. The van der Waals surface area contributed by atoms with Gasteiger partial charge in [0.15, 0.2) is 5.82 Å². The van der Waals surface area contributed by atoms with Crippen LogP contribution in [-0.4, -0.2) is 9.97 Å². The Labute approximate surface area is 380 Å². The van der Waals surface area contributed by atoms with Gasteiger partial charge in [0.1, 0.15) is 0 Å².